The largest absolute Gasteiger partial charge is 0.326 e. The van der Waals surface area contributed by atoms with Crippen LogP contribution in [0.15, 0.2) is 23.1 Å². The second kappa shape index (κ2) is 7.00. The zero-order valence-corrected chi connectivity index (χ0v) is 13.3. The lowest BCUT2D eigenvalue weighted by Gasteiger charge is -2.36. The predicted octanol–water partition coefficient (Wildman–Crippen LogP) is 2.28. The Kier molecular flexibility index (Phi) is 6.10. The molecule has 1 heterocycles. The Bertz CT molecular complexity index is 596. The molecular weight excluding hydrogens is 322 g/mol. The van der Waals surface area contributed by atoms with Crippen LogP contribution in [0.1, 0.15) is 26.2 Å². The molecule has 1 aromatic rings. The van der Waals surface area contributed by atoms with E-state index in [0.717, 1.165) is 24.6 Å². The SMILES string of the molecule is CC(N)C1CCCCN1S(=O)(=O)c1cc(F)ccc1F.Cl. The van der Waals surface area contributed by atoms with E-state index < -0.39 is 26.6 Å². The van der Waals surface area contributed by atoms with E-state index in [1.807, 2.05) is 0 Å². The minimum absolute atomic E-state index is 0. The molecule has 2 unspecified atom stereocenters. The molecule has 4 nitrogen and oxygen atoms in total. The van der Waals surface area contributed by atoms with Gasteiger partial charge in [0, 0.05) is 18.6 Å². The highest BCUT2D eigenvalue weighted by Gasteiger charge is 2.36. The Labute approximate surface area is 129 Å². The Morgan fingerprint density at radius 2 is 2.00 bits per heavy atom. The van der Waals surface area contributed by atoms with Gasteiger partial charge in [0.2, 0.25) is 10.0 Å². The number of halogens is 3. The quantitative estimate of drug-likeness (QED) is 0.918. The normalized spacial score (nSPS) is 21.6. The van der Waals surface area contributed by atoms with Gasteiger partial charge in [-0.3, -0.25) is 0 Å². The third kappa shape index (κ3) is 3.71. The van der Waals surface area contributed by atoms with Crippen LogP contribution in [0.4, 0.5) is 8.78 Å². The summed E-state index contributed by atoms with van der Waals surface area (Å²) in [5.41, 5.74) is 5.83. The van der Waals surface area contributed by atoms with Crippen LogP contribution in [-0.2, 0) is 10.0 Å². The van der Waals surface area contributed by atoms with Crippen molar-refractivity contribution in [2.45, 2.75) is 43.2 Å². The minimum Gasteiger partial charge on any atom is -0.326 e. The van der Waals surface area contributed by atoms with Gasteiger partial charge < -0.3 is 5.73 Å². The lowest BCUT2D eigenvalue weighted by molar-refractivity contribution is 0.226. The number of rotatable bonds is 3. The second-order valence-corrected chi connectivity index (χ2v) is 6.97. The zero-order valence-electron chi connectivity index (χ0n) is 11.6. The van der Waals surface area contributed by atoms with Crippen LogP contribution in [0.2, 0.25) is 0 Å². The van der Waals surface area contributed by atoms with Gasteiger partial charge in [-0.15, -0.1) is 12.4 Å². The summed E-state index contributed by atoms with van der Waals surface area (Å²) in [6.07, 6.45) is 2.21. The third-order valence-corrected chi connectivity index (χ3v) is 5.52. The van der Waals surface area contributed by atoms with E-state index in [1.54, 1.807) is 6.92 Å². The number of nitrogens with zero attached hydrogens (tertiary/aromatic N) is 1. The molecule has 120 valence electrons. The van der Waals surface area contributed by atoms with Crippen molar-refractivity contribution in [1.29, 1.82) is 0 Å². The minimum atomic E-state index is -4.07. The highest BCUT2D eigenvalue weighted by molar-refractivity contribution is 7.89. The number of sulfonamides is 1. The fraction of sp³-hybridized carbons (Fsp3) is 0.538. The van der Waals surface area contributed by atoms with E-state index in [4.69, 9.17) is 5.73 Å². The number of piperidine rings is 1. The molecule has 1 fully saturated rings. The maximum atomic E-state index is 13.7. The zero-order chi connectivity index (χ0) is 14.9. The molecule has 1 aliphatic heterocycles. The summed E-state index contributed by atoms with van der Waals surface area (Å²) in [6, 6.07) is 1.70. The molecule has 0 aromatic heterocycles. The number of hydrogen-bond acceptors (Lipinski definition) is 3. The average molecular weight is 341 g/mol. The Balaban J connectivity index is 0.00000220. The summed E-state index contributed by atoms with van der Waals surface area (Å²) in [5, 5.41) is 0. The van der Waals surface area contributed by atoms with Gasteiger partial charge in [-0.25, -0.2) is 17.2 Å². The molecule has 2 atom stereocenters. The first-order valence-corrected chi connectivity index (χ1v) is 8.00. The maximum Gasteiger partial charge on any atom is 0.246 e. The molecule has 0 spiro atoms. The summed E-state index contributed by atoms with van der Waals surface area (Å²) in [6.45, 7) is 2.00. The van der Waals surface area contributed by atoms with Crippen molar-refractivity contribution in [3.8, 4) is 0 Å². The molecule has 21 heavy (non-hydrogen) atoms. The molecule has 1 saturated heterocycles. The Morgan fingerprint density at radius 1 is 1.33 bits per heavy atom. The van der Waals surface area contributed by atoms with Crippen LogP contribution in [0.3, 0.4) is 0 Å². The number of nitrogens with two attached hydrogens (primary N) is 1. The Hall–Kier alpha value is -0.760. The second-order valence-electron chi connectivity index (χ2n) is 5.11. The summed E-state index contributed by atoms with van der Waals surface area (Å²) in [4.78, 5) is -0.620. The average Bonchev–Trinajstić information content (AvgIpc) is 2.41. The molecule has 0 aliphatic carbocycles. The van der Waals surface area contributed by atoms with Crippen molar-refractivity contribution < 1.29 is 17.2 Å². The molecule has 1 aromatic carbocycles. The van der Waals surface area contributed by atoms with Crippen LogP contribution in [0.25, 0.3) is 0 Å². The van der Waals surface area contributed by atoms with Crippen molar-refractivity contribution in [1.82, 2.24) is 4.31 Å². The van der Waals surface area contributed by atoms with Gasteiger partial charge in [0.25, 0.3) is 0 Å². The molecule has 1 aliphatic rings. The van der Waals surface area contributed by atoms with E-state index in [1.165, 1.54) is 4.31 Å². The van der Waals surface area contributed by atoms with Crippen molar-refractivity contribution in [2.75, 3.05) is 6.54 Å². The maximum absolute atomic E-state index is 13.7. The van der Waals surface area contributed by atoms with Gasteiger partial charge in [0.15, 0.2) is 0 Å². The summed E-state index contributed by atoms with van der Waals surface area (Å²) < 4.78 is 53.3. The van der Waals surface area contributed by atoms with E-state index in [0.29, 0.717) is 12.8 Å². The van der Waals surface area contributed by atoms with Crippen LogP contribution in [0, 0.1) is 11.6 Å². The topological polar surface area (TPSA) is 63.4 Å². The van der Waals surface area contributed by atoms with Gasteiger partial charge in [-0.1, -0.05) is 6.42 Å². The molecular formula is C13H19ClF2N2O2S. The highest BCUT2D eigenvalue weighted by Crippen LogP contribution is 2.28. The first kappa shape index (κ1) is 18.3. The molecule has 2 rings (SSSR count). The van der Waals surface area contributed by atoms with Crippen LogP contribution >= 0.6 is 12.4 Å². The molecule has 8 heteroatoms. The van der Waals surface area contributed by atoms with E-state index in [2.05, 4.69) is 0 Å². The predicted molar refractivity (Wildman–Crippen MR) is 78.8 cm³/mol. The summed E-state index contributed by atoms with van der Waals surface area (Å²) in [5.74, 6) is -1.72. The standard InChI is InChI=1S/C13H18F2N2O2S.ClH/c1-9(16)12-4-2-3-7-17(12)20(18,19)13-8-10(14)5-6-11(13)15;/h5-6,8-9,12H,2-4,7,16H2,1H3;1H. The fourth-order valence-corrected chi connectivity index (χ4v) is 4.41. The third-order valence-electron chi connectivity index (χ3n) is 3.59. The summed E-state index contributed by atoms with van der Waals surface area (Å²) in [7, 11) is -4.07. The van der Waals surface area contributed by atoms with Gasteiger partial charge in [-0.2, -0.15) is 4.31 Å². The van der Waals surface area contributed by atoms with Crippen molar-refractivity contribution in [3.05, 3.63) is 29.8 Å². The Morgan fingerprint density at radius 3 is 2.62 bits per heavy atom. The van der Waals surface area contributed by atoms with E-state index in [9.17, 15) is 17.2 Å². The van der Waals surface area contributed by atoms with Gasteiger partial charge in [0.05, 0.1) is 0 Å². The lowest BCUT2D eigenvalue weighted by Crippen LogP contribution is -2.51. The van der Waals surface area contributed by atoms with Gasteiger partial charge in [-0.05, 0) is 38.0 Å². The number of hydrogen-bond donors (Lipinski definition) is 1. The van der Waals surface area contributed by atoms with Crippen molar-refractivity contribution >= 4 is 22.4 Å². The van der Waals surface area contributed by atoms with Crippen LogP contribution in [-0.4, -0.2) is 31.4 Å². The lowest BCUT2D eigenvalue weighted by atomic mass is 10.00. The van der Waals surface area contributed by atoms with Gasteiger partial charge >= 0.3 is 0 Å². The highest BCUT2D eigenvalue weighted by atomic mass is 35.5. The molecule has 0 saturated carbocycles. The van der Waals surface area contributed by atoms with Crippen LogP contribution < -0.4 is 5.73 Å². The van der Waals surface area contributed by atoms with E-state index >= 15 is 0 Å². The fourth-order valence-electron chi connectivity index (χ4n) is 2.56. The first-order valence-electron chi connectivity index (χ1n) is 6.56. The van der Waals surface area contributed by atoms with Crippen LogP contribution in [0.5, 0.6) is 0 Å². The van der Waals surface area contributed by atoms with Crippen molar-refractivity contribution in [2.24, 2.45) is 5.73 Å². The molecule has 0 radical (unpaired) electrons. The first-order chi connectivity index (χ1) is 9.34. The smallest absolute Gasteiger partial charge is 0.246 e. The molecule has 0 bridgehead atoms. The monoisotopic (exact) mass is 340 g/mol. The summed E-state index contributed by atoms with van der Waals surface area (Å²) >= 11 is 0. The van der Waals surface area contributed by atoms with Crippen molar-refractivity contribution in [3.63, 3.8) is 0 Å². The molecule has 0 amide bonds. The van der Waals surface area contributed by atoms with E-state index in [-0.39, 0.29) is 31.0 Å². The molecule has 2 N–H and O–H groups in total. The number of benzene rings is 1. The van der Waals surface area contributed by atoms with Gasteiger partial charge in [0.1, 0.15) is 16.5 Å².